The second-order valence-electron chi connectivity index (χ2n) is 9.70. The average Bonchev–Trinajstić information content (AvgIpc) is 2.82. The molecule has 1 aliphatic rings. The normalized spacial score (nSPS) is 15.4. The van der Waals surface area contributed by atoms with Crippen molar-refractivity contribution in [1.29, 1.82) is 0 Å². The number of hydrogen-bond acceptors (Lipinski definition) is 6. The number of nitrogens with one attached hydrogen (secondary N) is 1. The highest BCUT2D eigenvalue weighted by Gasteiger charge is 2.47. The van der Waals surface area contributed by atoms with Crippen LogP contribution in [0.4, 0.5) is 22.0 Å². The second-order valence-corrected chi connectivity index (χ2v) is 10.1. The van der Waals surface area contributed by atoms with Crippen LogP contribution in [0, 0.1) is 0 Å². The lowest BCUT2D eigenvalue weighted by atomic mass is 9.93. The first-order chi connectivity index (χ1) is 16.8. The maximum absolute atomic E-state index is 13.6. The van der Waals surface area contributed by atoms with E-state index < -0.39 is 29.2 Å². The molecule has 0 saturated carbocycles. The largest absolute Gasteiger partial charge is 0.459 e. The predicted molar refractivity (Wildman–Crippen MR) is 139 cm³/mol. The minimum absolute atomic E-state index is 0.200. The molecule has 1 aromatic carbocycles. The molecule has 0 radical (unpaired) electrons. The third-order valence-corrected chi connectivity index (χ3v) is 6.34. The van der Waals surface area contributed by atoms with Gasteiger partial charge < -0.3 is 14.8 Å². The van der Waals surface area contributed by atoms with Crippen molar-refractivity contribution in [2.24, 2.45) is 0 Å². The Bertz CT molecular complexity index is 1140. The van der Waals surface area contributed by atoms with E-state index in [9.17, 15) is 14.4 Å². The van der Waals surface area contributed by atoms with E-state index >= 15 is 0 Å². The maximum atomic E-state index is 13.6. The van der Waals surface area contributed by atoms with Crippen molar-refractivity contribution in [2.75, 3.05) is 17.3 Å². The number of anilines is 3. The molecule has 1 N–H and O–H groups in total. The Hall–Kier alpha value is -3.33. The van der Waals surface area contributed by atoms with Crippen LogP contribution in [0.5, 0.6) is 5.88 Å². The van der Waals surface area contributed by atoms with Gasteiger partial charge in [-0.2, -0.15) is 4.98 Å². The number of rotatable bonds is 6. The fourth-order valence-electron chi connectivity index (χ4n) is 3.73. The highest BCUT2D eigenvalue weighted by atomic mass is 35.5. The van der Waals surface area contributed by atoms with E-state index in [0.717, 1.165) is 0 Å². The highest BCUT2D eigenvalue weighted by molar-refractivity contribution is 6.30. The number of likely N-dealkylation sites (N-methyl/N-ethyl adjacent to an activating group) is 1. The molecular formula is C26H33ClN4O5. The summed E-state index contributed by atoms with van der Waals surface area (Å²) >= 11 is 6.05. The molecule has 3 rings (SSSR count). The zero-order valence-electron chi connectivity index (χ0n) is 21.7. The van der Waals surface area contributed by atoms with Gasteiger partial charge in [0.15, 0.2) is 5.60 Å². The number of ether oxygens (including phenoxy) is 2. The molecule has 10 heteroatoms. The van der Waals surface area contributed by atoms with Crippen molar-refractivity contribution in [1.82, 2.24) is 9.88 Å². The van der Waals surface area contributed by atoms with E-state index in [4.69, 9.17) is 21.1 Å². The third-order valence-electron chi connectivity index (χ3n) is 6.09. The number of aromatic nitrogens is 1. The van der Waals surface area contributed by atoms with Gasteiger partial charge in [0, 0.05) is 17.8 Å². The van der Waals surface area contributed by atoms with Gasteiger partial charge in [0.1, 0.15) is 23.1 Å². The number of carbonyl (C=O) groups is 3. The van der Waals surface area contributed by atoms with Gasteiger partial charge in [0.05, 0.1) is 0 Å². The Morgan fingerprint density at radius 2 is 1.78 bits per heavy atom. The molecule has 1 atom stereocenters. The first-order valence-corrected chi connectivity index (χ1v) is 12.3. The lowest BCUT2D eigenvalue weighted by Gasteiger charge is -2.41. The zero-order chi connectivity index (χ0) is 26.8. The lowest BCUT2D eigenvalue weighted by molar-refractivity contribution is -0.135. The summed E-state index contributed by atoms with van der Waals surface area (Å²) in [6.07, 6.45) is 0.253. The molecule has 194 valence electrons. The second kappa shape index (κ2) is 10.3. The third kappa shape index (κ3) is 5.56. The molecule has 2 heterocycles. The predicted octanol–water partition coefficient (Wildman–Crippen LogP) is 5.54. The summed E-state index contributed by atoms with van der Waals surface area (Å²) in [5, 5.41) is 3.28. The van der Waals surface area contributed by atoms with E-state index in [1.54, 1.807) is 69.0 Å². The van der Waals surface area contributed by atoms with Crippen LogP contribution in [0.25, 0.3) is 0 Å². The van der Waals surface area contributed by atoms with Crippen LogP contribution in [0.3, 0.4) is 0 Å². The molecular weight excluding hydrogens is 484 g/mol. The molecule has 0 unspecified atom stereocenters. The summed E-state index contributed by atoms with van der Waals surface area (Å²) in [6.45, 7) is 10.6. The molecule has 36 heavy (non-hydrogen) atoms. The Kier molecular flexibility index (Phi) is 7.83. The van der Waals surface area contributed by atoms with Crippen LogP contribution in [-0.2, 0) is 14.3 Å². The highest BCUT2D eigenvalue weighted by Crippen LogP contribution is 2.43. The van der Waals surface area contributed by atoms with Crippen molar-refractivity contribution in [3.8, 4) is 5.88 Å². The molecule has 1 aromatic heterocycles. The monoisotopic (exact) mass is 516 g/mol. The standard InChI is InChI=1S/C26H33ClN4O5/c1-8-26(9-2)23(33)31(18-12-10-17(27)11-13-18)19-14-15-20(29-22(19)35-26)28-21(32)16(3)30(7)24(34)36-25(4,5)6/h10-16H,8-9H2,1-7H3,(H,28,29,32)/t16-/m0/s1. The number of amides is 3. The average molecular weight is 517 g/mol. The lowest BCUT2D eigenvalue weighted by Crippen LogP contribution is -2.54. The number of nitrogens with zero attached hydrogens (tertiary/aromatic N) is 3. The minimum atomic E-state index is -1.10. The zero-order valence-corrected chi connectivity index (χ0v) is 22.5. The fraction of sp³-hybridized carbons (Fsp3) is 0.462. The van der Waals surface area contributed by atoms with E-state index in [1.807, 2.05) is 13.8 Å². The van der Waals surface area contributed by atoms with Crippen molar-refractivity contribution >= 4 is 46.7 Å². The first kappa shape index (κ1) is 27.3. The topological polar surface area (TPSA) is 101 Å². The number of hydrogen-bond donors (Lipinski definition) is 1. The molecule has 0 spiro atoms. The van der Waals surface area contributed by atoms with E-state index in [1.165, 1.54) is 11.9 Å². The van der Waals surface area contributed by atoms with E-state index in [-0.39, 0.29) is 17.6 Å². The molecule has 3 amide bonds. The number of benzene rings is 1. The Balaban J connectivity index is 1.90. The van der Waals surface area contributed by atoms with Crippen molar-refractivity contribution in [2.45, 2.75) is 71.6 Å². The fourth-order valence-corrected chi connectivity index (χ4v) is 3.86. The van der Waals surface area contributed by atoms with Gasteiger partial charge in [0.25, 0.3) is 5.91 Å². The van der Waals surface area contributed by atoms with Crippen LogP contribution in [0.2, 0.25) is 5.02 Å². The van der Waals surface area contributed by atoms with Gasteiger partial charge in [-0.25, -0.2) is 4.79 Å². The SMILES string of the molecule is CCC1(CC)Oc2nc(NC(=O)[C@H](C)N(C)C(=O)OC(C)(C)C)ccc2N(c2ccc(Cl)cc2)C1=O. The Labute approximate surface area is 216 Å². The number of carbonyl (C=O) groups excluding carboxylic acids is 3. The van der Waals surface area contributed by atoms with E-state index in [0.29, 0.717) is 29.2 Å². The summed E-state index contributed by atoms with van der Waals surface area (Å²) in [4.78, 5) is 46.1. The van der Waals surface area contributed by atoms with Crippen molar-refractivity contribution in [3.63, 3.8) is 0 Å². The van der Waals surface area contributed by atoms with E-state index in [2.05, 4.69) is 10.3 Å². The number of pyridine rings is 1. The van der Waals surface area contributed by atoms with Crippen LogP contribution < -0.4 is 15.0 Å². The number of fused-ring (bicyclic) bond motifs is 1. The smallest absolute Gasteiger partial charge is 0.410 e. The quantitative estimate of drug-likeness (QED) is 0.540. The molecule has 0 fully saturated rings. The molecule has 2 aromatic rings. The van der Waals surface area contributed by atoms with Crippen LogP contribution in [0.1, 0.15) is 54.4 Å². The van der Waals surface area contributed by atoms with Gasteiger partial charge in [0.2, 0.25) is 11.8 Å². The summed E-state index contributed by atoms with van der Waals surface area (Å²) in [6, 6.07) is 9.37. The Morgan fingerprint density at radius 3 is 2.33 bits per heavy atom. The molecule has 0 saturated heterocycles. The van der Waals surface area contributed by atoms with Gasteiger partial charge in [-0.15, -0.1) is 0 Å². The molecule has 0 bridgehead atoms. The summed E-state index contributed by atoms with van der Waals surface area (Å²) in [5.41, 5.74) is -0.702. The van der Waals surface area contributed by atoms with Crippen molar-refractivity contribution < 1.29 is 23.9 Å². The Morgan fingerprint density at radius 1 is 1.17 bits per heavy atom. The maximum Gasteiger partial charge on any atom is 0.410 e. The van der Waals surface area contributed by atoms with Gasteiger partial charge >= 0.3 is 6.09 Å². The van der Waals surface area contributed by atoms with Crippen LogP contribution in [-0.4, -0.2) is 52.1 Å². The van der Waals surface area contributed by atoms with Crippen LogP contribution in [0.15, 0.2) is 36.4 Å². The summed E-state index contributed by atoms with van der Waals surface area (Å²) in [7, 11) is 1.49. The van der Waals surface area contributed by atoms with Gasteiger partial charge in [-0.1, -0.05) is 25.4 Å². The van der Waals surface area contributed by atoms with Crippen LogP contribution >= 0.6 is 11.6 Å². The first-order valence-electron chi connectivity index (χ1n) is 11.9. The molecule has 1 aliphatic heterocycles. The number of halogens is 1. The van der Waals surface area contributed by atoms with Gasteiger partial charge in [-0.3, -0.25) is 19.4 Å². The molecule has 0 aliphatic carbocycles. The molecule has 9 nitrogen and oxygen atoms in total. The van der Waals surface area contributed by atoms with Crippen molar-refractivity contribution in [3.05, 3.63) is 41.4 Å². The summed E-state index contributed by atoms with van der Waals surface area (Å²) < 4.78 is 11.5. The van der Waals surface area contributed by atoms with Gasteiger partial charge in [-0.05, 0) is 76.9 Å². The summed E-state index contributed by atoms with van der Waals surface area (Å²) in [5.74, 6) is -0.197. The minimum Gasteiger partial charge on any atom is -0.459 e.